The number of rotatable bonds is 11. The predicted molar refractivity (Wildman–Crippen MR) is 151 cm³/mol. The molecule has 39 heavy (non-hydrogen) atoms. The number of hydrogen-bond donors (Lipinski definition) is 1. The number of anilines is 1. The lowest BCUT2D eigenvalue weighted by molar-refractivity contribution is -0.384. The largest absolute Gasteiger partial charge is 0.495 e. The number of amides is 2. The molecule has 0 heterocycles. The Morgan fingerprint density at radius 2 is 1.79 bits per heavy atom. The highest BCUT2D eigenvalue weighted by Crippen LogP contribution is 2.34. The molecule has 11 nitrogen and oxygen atoms in total. The van der Waals surface area contributed by atoms with E-state index in [-0.39, 0.29) is 29.4 Å². The number of nitro benzene ring substituents is 1. The Balaban J connectivity index is 2.61. The highest BCUT2D eigenvalue weighted by atomic mass is 35.5. The van der Waals surface area contributed by atoms with Crippen LogP contribution in [0.15, 0.2) is 36.4 Å². The molecule has 2 aromatic carbocycles. The second-order valence-corrected chi connectivity index (χ2v) is 12.6. The third kappa shape index (κ3) is 8.70. The van der Waals surface area contributed by atoms with Crippen molar-refractivity contribution in [3.63, 3.8) is 0 Å². The first-order chi connectivity index (χ1) is 18.0. The fourth-order valence-corrected chi connectivity index (χ4v) is 5.10. The third-order valence-corrected chi connectivity index (χ3v) is 7.27. The molecule has 2 aromatic rings. The van der Waals surface area contributed by atoms with Crippen LogP contribution in [0.4, 0.5) is 11.4 Å². The molecule has 0 fully saturated rings. The second-order valence-electron chi connectivity index (χ2n) is 9.80. The Morgan fingerprint density at radius 1 is 1.15 bits per heavy atom. The molecule has 0 saturated carbocycles. The maximum absolute atomic E-state index is 13.8. The summed E-state index contributed by atoms with van der Waals surface area (Å²) < 4.78 is 31.7. The highest BCUT2D eigenvalue weighted by molar-refractivity contribution is 7.92. The minimum atomic E-state index is -4.15. The zero-order valence-corrected chi connectivity index (χ0v) is 24.9. The average Bonchev–Trinajstić information content (AvgIpc) is 2.81. The van der Waals surface area contributed by atoms with Gasteiger partial charge in [-0.15, -0.1) is 0 Å². The summed E-state index contributed by atoms with van der Waals surface area (Å²) in [6.45, 7) is 6.20. The fraction of sp³-hybridized carbons (Fsp3) is 0.440. The van der Waals surface area contributed by atoms with Crippen LogP contribution >= 0.6 is 23.2 Å². The molecule has 0 unspecified atom stereocenters. The van der Waals surface area contributed by atoms with Crippen molar-refractivity contribution in [1.82, 2.24) is 10.2 Å². The van der Waals surface area contributed by atoms with Gasteiger partial charge in [0.05, 0.1) is 18.3 Å². The average molecular weight is 604 g/mol. The number of nitro groups is 1. The van der Waals surface area contributed by atoms with Gasteiger partial charge in [0, 0.05) is 34.3 Å². The topological polar surface area (TPSA) is 139 Å². The van der Waals surface area contributed by atoms with E-state index < -0.39 is 50.6 Å². The van der Waals surface area contributed by atoms with E-state index in [1.165, 1.54) is 24.1 Å². The second kappa shape index (κ2) is 12.8. The van der Waals surface area contributed by atoms with Crippen LogP contribution in [0, 0.1) is 10.1 Å². The summed E-state index contributed by atoms with van der Waals surface area (Å²) >= 11 is 12.4. The van der Waals surface area contributed by atoms with Gasteiger partial charge < -0.3 is 15.0 Å². The van der Waals surface area contributed by atoms with E-state index in [0.29, 0.717) is 14.9 Å². The van der Waals surface area contributed by atoms with Gasteiger partial charge in [0.2, 0.25) is 21.8 Å². The van der Waals surface area contributed by atoms with Gasteiger partial charge in [-0.2, -0.15) is 0 Å². The number of benzene rings is 2. The van der Waals surface area contributed by atoms with Crippen LogP contribution in [-0.2, 0) is 26.2 Å². The number of halogens is 2. The zero-order chi connectivity index (χ0) is 29.7. The van der Waals surface area contributed by atoms with Gasteiger partial charge in [0.1, 0.15) is 24.0 Å². The number of non-ortho nitro benzene ring substituents is 1. The molecule has 0 aliphatic carbocycles. The van der Waals surface area contributed by atoms with Crippen molar-refractivity contribution >= 4 is 56.4 Å². The lowest BCUT2D eigenvalue weighted by Crippen LogP contribution is -2.55. The van der Waals surface area contributed by atoms with Gasteiger partial charge in [0.15, 0.2) is 0 Å². The van der Waals surface area contributed by atoms with Gasteiger partial charge in [-0.05, 0) is 51.0 Å². The van der Waals surface area contributed by atoms with Gasteiger partial charge in [-0.25, -0.2) is 8.42 Å². The van der Waals surface area contributed by atoms with Crippen molar-refractivity contribution in [2.45, 2.75) is 52.2 Å². The number of ether oxygens (including phenoxy) is 1. The van der Waals surface area contributed by atoms with Crippen molar-refractivity contribution in [2.75, 3.05) is 24.2 Å². The lowest BCUT2D eigenvalue weighted by atomic mass is 10.1. The molecule has 0 radical (unpaired) electrons. The molecular weight excluding hydrogens is 571 g/mol. The molecule has 1 atom stereocenters. The normalized spacial score (nSPS) is 12.4. The molecule has 214 valence electrons. The Kier molecular flexibility index (Phi) is 10.6. The summed E-state index contributed by atoms with van der Waals surface area (Å²) in [4.78, 5) is 39.0. The summed E-state index contributed by atoms with van der Waals surface area (Å²) in [7, 11) is -2.88. The number of methoxy groups -OCH3 is 1. The smallest absolute Gasteiger partial charge is 0.271 e. The first kappa shape index (κ1) is 32.1. The molecule has 2 amide bonds. The summed E-state index contributed by atoms with van der Waals surface area (Å²) in [5.41, 5.74) is -0.714. The van der Waals surface area contributed by atoms with E-state index in [9.17, 15) is 28.1 Å². The number of sulfonamides is 1. The number of carbonyl (C=O) groups is 2. The van der Waals surface area contributed by atoms with E-state index in [1.54, 1.807) is 39.8 Å². The summed E-state index contributed by atoms with van der Waals surface area (Å²) in [6, 6.07) is 7.11. The third-order valence-electron chi connectivity index (χ3n) is 5.56. The number of nitrogens with one attached hydrogen (secondary N) is 1. The Bertz CT molecular complexity index is 1350. The van der Waals surface area contributed by atoms with Crippen molar-refractivity contribution in [3.8, 4) is 5.75 Å². The predicted octanol–water partition coefficient (Wildman–Crippen LogP) is 4.40. The molecule has 0 aromatic heterocycles. The van der Waals surface area contributed by atoms with E-state index in [0.717, 1.165) is 18.4 Å². The fourth-order valence-electron chi connectivity index (χ4n) is 3.79. The number of nitrogens with zero attached hydrogens (tertiary/aromatic N) is 3. The van der Waals surface area contributed by atoms with E-state index in [2.05, 4.69) is 5.32 Å². The van der Waals surface area contributed by atoms with Crippen LogP contribution in [-0.4, -0.2) is 61.5 Å². The van der Waals surface area contributed by atoms with Crippen molar-refractivity contribution < 1.29 is 27.7 Å². The first-order valence-corrected chi connectivity index (χ1v) is 14.4. The molecule has 0 aliphatic rings. The van der Waals surface area contributed by atoms with Crippen LogP contribution in [0.3, 0.4) is 0 Å². The van der Waals surface area contributed by atoms with Gasteiger partial charge in [-0.3, -0.25) is 24.0 Å². The lowest BCUT2D eigenvalue weighted by Gasteiger charge is -2.34. The van der Waals surface area contributed by atoms with Crippen LogP contribution in [0.5, 0.6) is 5.75 Å². The van der Waals surface area contributed by atoms with Gasteiger partial charge in [0.25, 0.3) is 5.69 Å². The maximum Gasteiger partial charge on any atom is 0.271 e. The van der Waals surface area contributed by atoms with E-state index >= 15 is 0 Å². The van der Waals surface area contributed by atoms with E-state index in [4.69, 9.17) is 27.9 Å². The maximum atomic E-state index is 13.8. The molecule has 0 aliphatic heterocycles. The number of carbonyl (C=O) groups excluding carboxylic acids is 2. The Labute approximate surface area is 238 Å². The van der Waals surface area contributed by atoms with Crippen LogP contribution < -0.4 is 14.4 Å². The van der Waals surface area contributed by atoms with Crippen molar-refractivity contribution in [2.24, 2.45) is 0 Å². The molecule has 0 bridgehead atoms. The molecule has 0 spiro atoms. The molecule has 14 heteroatoms. The highest BCUT2D eigenvalue weighted by Gasteiger charge is 2.34. The SMILES string of the molecule is CC[C@@H](C(=O)NC(C)(C)C)N(Cc1ccc(Cl)cc1Cl)C(=O)CN(c1cc([N+](=O)[O-])ccc1OC)S(C)(=O)=O. The summed E-state index contributed by atoms with van der Waals surface area (Å²) in [6.07, 6.45) is 1.07. The Hall–Kier alpha value is -3.09. The minimum Gasteiger partial charge on any atom is -0.495 e. The van der Waals surface area contributed by atoms with Crippen molar-refractivity contribution in [1.29, 1.82) is 0 Å². The zero-order valence-electron chi connectivity index (χ0n) is 22.5. The van der Waals surface area contributed by atoms with Gasteiger partial charge >= 0.3 is 0 Å². The summed E-state index contributed by atoms with van der Waals surface area (Å²) in [5, 5.41) is 14.9. The van der Waals surface area contributed by atoms with Crippen LogP contribution in [0.2, 0.25) is 10.0 Å². The number of hydrogen-bond acceptors (Lipinski definition) is 7. The van der Waals surface area contributed by atoms with Gasteiger partial charge in [-0.1, -0.05) is 36.2 Å². The van der Waals surface area contributed by atoms with E-state index in [1.807, 2.05) is 0 Å². The van der Waals surface area contributed by atoms with Crippen molar-refractivity contribution in [3.05, 3.63) is 62.1 Å². The standard InChI is InChI=1S/C25H32Cl2N4O7S/c1-7-20(24(33)28-25(2,3)4)29(14-16-8-9-17(26)12-19(16)27)23(32)15-30(39(6,36)37)21-13-18(31(34)35)10-11-22(21)38-5/h8-13,20H,7,14-15H2,1-6H3,(H,28,33)/t20-/m0/s1. The molecule has 2 rings (SSSR count). The van der Waals surface area contributed by atoms with Crippen LogP contribution in [0.25, 0.3) is 0 Å². The quantitative estimate of drug-likeness (QED) is 0.297. The van der Waals surface area contributed by atoms with Crippen LogP contribution in [0.1, 0.15) is 39.7 Å². The summed E-state index contributed by atoms with van der Waals surface area (Å²) in [5.74, 6) is -1.18. The minimum absolute atomic E-state index is 0.00337. The first-order valence-electron chi connectivity index (χ1n) is 11.8. The Morgan fingerprint density at radius 3 is 2.28 bits per heavy atom. The monoisotopic (exact) mass is 602 g/mol. The molecule has 1 N–H and O–H groups in total. The molecular formula is C25H32Cl2N4O7S. The molecule has 0 saturated heterocycles.